The van der Waals surface area contributed by atoms with E-state index < -0.39 is 5.91 Å². The number of rotatable bonds is 6. The van der Waals surface area contributed by atoms with E-state index in [9.17, 15) is 9.59 Å². The van der Waals surface area contributed by atoms with E-state index in [1.54, 1.807) is 0 Å². The number of hydrogen-bond acceptors (Lipinski definition) is 4. The molecule has 1 atom stereocenters. The smallest absolute Gasteiger partial charge is 0.257 e. The number of anilines is 1. The highest BCUT2D eigenvalue weighted by Crippen LogP contribution is 2.45. The topological polar surface area (TPSA) is 85.1 Å². The molecule has 5 rings (SSSR count). The Kier molecular flexibility index (Phi) is 6.63. The number of pyridine rings is 1. The number of aryl methyl sites for hydroxylation is 1. The number of carbonyl (C=O) groups is 2. The molecular weight excluding hydrogens is 478 g/mol. The van der Waals surface area contributed by atoms with Crippen LogP contribution in [0.2, 0.25) is 0 Å². The van der Waals surface area contributed by atoms with Crippen LogP contribution in [0.4, 0.5) is 5.00 Å². The molecule has 2 aromatic heterocycles. The third kappa shape index (κ3) is 4.66. The van der Waals surface area contributed by atoms with Gasteiger partial charge in [0, 0.05) is 15.8 Å². The summed E-state index contributed by atoms with van der Waals surface area (Å²) in [5.41, 5.74) is 11.6. The number of fused-ring (bicyclic) bond motifs is 2. The molecule has 1 aliphatic rings. The minimum absolute atomic E-state index is 0.222. The normalized spacial score (nSPS) is 15.4. The Bertz CT molecular complexity index is 1520. The molecule has 5 nitrogen and oxygen atoms in total. The number of nitrogens with one attached hydrogen (secondary N) is 1. The van der Waals surface area contributed by atoms with Gasteiger partial charge in [0.1, 0.15) is 5.00 Å². The molecule has 6 heteroatoms. The molecule has 2 amide bonds. The van der Waals surface area contributed by atoms with Crippen LogP contribution in [0.3, 0.4) is 0 Å². The van der Waals surface area contributed by atoms with Gasteiger partial charge in [-0.1, -0.05) is 69.7 Å². The van der Waals surface area contributed by atoms with E-state index in [0.717, 1.165) is 59.0 Å². The Labute approximate surface area is 222 Å². The van der Waals surface area contributed by atoms with Crippen molar-refractivity contribution in [3.8, 4) is 11.3 Å². The zero-order valence-electron chi connectivity index (χ0n) is 21.9. The Morgan fingerprint density at radius 1 is 1.14 bits per heavy atom. The molecule has 0 unspecified atom stereocenters. The molecular formula is C31H33N3O2S. The zero-order chi connectivity index (χ0) is 26.3. The fourth-order valence-corrected chi connectivity index (χ4v) is 6.75. The van der Waals surface area contributed by atoms with Crippen LogP contribution < -0.4 is 11.1 Å². The van der Waals surface area contributed by atoms with Crippen molar-refractivity contribution in [3.63, 3.8) is 0 Å². The average molecular weight is 512 g/mol. The van der Waals surface area contributed by atoms with E-state index in [2.05, 4.69) is 26.1 Å². The number of amides is 2. The largest absolute Gasteiger partial charge is 0.365 e. The Hall–Kier alpha value is -3.51. The van der Waals surface area contributed by atoms with Gasteiger partial charge in [0.05, 0.1) is 22.3 Å². The van der Waals surface area contributed by atoms with Crippen LogP contribution in [0.25, 0.3) is 22.2 Å². The van der Waals surface area contributed by atoms with Gasteiger partial charge in [-0.2, -0.15) is 0 Å². The Morgan fingerprint density at radius 2 is 1.86 bits per heavy atom. The SMILES string of the molecule is CCC(C)(C)[C@@H]1CCc2c(sc(NC(=O)c3cc(-c4ccccc4C)nc4ccccc34)c2C(N)=O)C1. The van der Waals surface area contributed by atoms with Gasteiger partial charge in [0.2, 0.25) is 0 Å². The summed E-state index contributed by atoms with van der Waals surface area (Å²) in [6.45, 7) is 8.89. The van der Waals surface area contributed by atoms with Crippen LogP contribution in [0, 0.1) is 18.3 Å². The summed E-state index contributed by atoms with van der Waals surface area (Å²) in [6, 6.07) is 17.5. The third-order valence-corrected chi connectivity index (χ3v) is 9.31. The number of carbonyl (C=O) groups excluding carboxylic acids is 2. The molecule has 2 heterocycles. The highest BCUT2D eigenvalue weighted by molar-refractivity contribution is 7.17. The molecule has 3 N–H and O–H groups in total. The maximum atomic E-state index is 13.8. The predicted molar refractivity (Wildman–Crippen MR) is 152 cm³/mol. The highest BCUT2D eigenvalue weighted by atomic mass is 32.1. The number of hydrogen-bond donors (Lipinski definition) is 2. The van der Waals surface area contributed by atoms with Crippen LogP contribution >= 0.6 is 11.3 Å². The summed E-state index contributed by atoms with van der Waals surface area (Å²) in [4.78, 5) is 32.3. The van der Waals surface area contributed by atoms with Crippen LogP contribution in [0.1, 0.15) is 70.3 Å². The molecule has 0 bridgehead atoms. The van der Waals surface area contributed by atoms with E-state index >= 15 is 0 Å². The summed E-state index contributed by atoms with van der Waals surface area (Å²) >= 11 is 1.50. The van der Waals surface area contributed by atoms with E-state index in [-0.39, 0.29) is 11.3 Å². The van der Waals surface area contributed by atoms with Crippen molar-refractivity contribution in [2.24, 2.45) is 17.1 Å². The molecule has 1 aliphatic carbocycles. The first-order valence-corrected chi connectivity index (χ1v) is 13.7. The van der Waals surface area contributed by atoms with Gasteiger partial charge in [-0.15, -0.1) is 11.3 Å². The number of benzene rings is 2. The molecule has 0 fully saturated rings. The second-order valence-electron chi connectivity index (χ2n) is 10.7. The summed E-state index contributed by atoms with van der Waals surface area (Å²) in [5.74, 6) is -0.213. The van der Waals surface area contributed by atoms with Gasteiger partial charge in [-0.05, 0) is 60.8 Å². The van der Waals surface area contributed by atoms with Crippen molar-refractivity contribution in [1.82, 2.24) is 4.98 Å². The van der Waals surface area contributed by atoms with Crippen molar-refractivity contribution in [1.29, 1.82) is 0 Å². The van der Waals surface area contributed by atoms with Crippen molar-refractivity contribution in [2.75, 3.05) is 5.32 Å². The number of nitrogens with two attached hydrogens (primary N) is 1. The first kappa shape index (κ1) is 25.2. The minimum atomic E-state index is -0.485. The van der Waals surface area contributed by atoms with Crippen LogP contribution in [0.15, 0.2) is 54.6 Å². The van der Waals surface area contributed by atoms with E-state index in [4.69, 9.17) is 10.7 Å². The fourth-order valence-electron chi connectivity index (χ4n) is 5.42. The van der Waals surface area contributed by atoms with Gasteiger partial charge in [0.15, 0.2) is 0 Å². The van der Waals surface area contributed by atoms with Gasteiger partial charge in [0.25, 0.3) is 11.8 Å². The Morgan fingerprint density at radius 3 is 2.59 bits per heavy atom. The molecule has 0 saturated heterocycles. The maximum absolute atomic E-state index is 13.8. The maximum Gasteiger partial charge on any atom is 0.257 e. The zero-order valence-corrected chi connectivity index (χ0v) is 22.7. The second-order valence-corrected chi connectivity index (χ2v) is 11.8. The molecule has 37 heavy (non-hydrogen) atoms. The highest BCUT2D eigenvalue weighted by Gasteiger charge is 2.35. The van der Waals surface area contributed by atoms with Crippen LogP contribution in [-0.2, 0) is 12.8 Å². The lowest BCUT2D eigenvalue weighted by Gasteiger charge is -2.36. The summed E-state index contributed by atoms with van der Waals surface area (Å²) in [5, 5.41) is 4.39. The molecule has 4 aromatic rings. The molecule has 0 saturated carbocycles. The van der Waals surface area contributed by atoms with Crippen molar-refractivity contribution in [2.45, 2.75) is 53.4 Å². The molecule has 0 aliphatic heterocycles. The number of para-hydroxylation sites is 1. The Balaban J connectivity index is 1.55. The lowest BCUT2D eigenvalue weighted by atomic mass is 9.69. The number of nitrogens with zero attached hydrogens (tertiary/aromatic N) is 1. The first-order chi connectivity index (χ1) is 17.7. The van der Waals surface area contributed by atoms with Crippen LogP contribution in [0.5, 0.6) is 0 Å². The number of primary amides is 1. The average Bonchev–Trinajstić information content (AvgIpc) is 3.25. The minimum Gasteiger partial charge on any atom is -0.365 e. The summed E-state index contributed by atoms with van der Waals surface area (Å²) < 4.78 is 0. The van der Waals surface area contributed by atoms with E-state index in [0.29, 0.717) is 22.0 Å². The monoisotopic (exact) mass is 511 g/mol. The van der Waals surface area contributed by atoms with Crippen LogP contribution in [-0.4, -0.2) is 16.8 Å². The summed E-state index contributed by atoms with van der Waals surface area (Å²) in [7, 11) is 0. The standard InChI is InChI=1S/C31H33N3O2S/c1-5-31(3,4)19-14-15-22-26(16-19)37-30(27(22)28(32)35)34-29(36)23-17-25(20-11-7-6-10-18(20)2)33-24-13-9-8-12-21(23)24/h6-13,17,19H,5,14-16H2,1-4H3,(H2,32,35)(H,34,36)/t19-/m1/s1. The second kappa shape index (κ2) is 9.75. The molecule has 0 spiro atoms. The predicted octanol–water partition coefficient (Wildman–Crippen LogP) is 7.16. The van der Waals surface area contributed by atoms with Gasteiger partial charge in [-0.3, -0.25) is 9.59 Å². The van der Waals surface area contributed by atoms with E-state index in [1.165, 1.54) is 16.2 Å². The third-order valence-electron chi connectivity index (χ3n) is 8.14. The fraction of sp³-hybridized carbons (Fsp3) is 0.323. The molecule has 2 aromatic carbocycles. The van der Waals surface area contributed by atoms with Gasteiger partial charge in [-0.25, -0.2) is 4.98 Å². The summed E-state index contributed by atoms with van der Waals surface area (Å²) in [6.07, 6.45) is 3.84. The van der Waals surface area contributed by atoms with Gasteiger partial charge < -0.3 is 11.1 Å². The van der Waals surface area contributed by atoms with Crippen molar-refractivity contribution >= 4 is 39.1 Å². The molecule has 190 valence electrons. The molecule has 0 radical (unpaired) electrons. The number of thiophene rings is 1. The lowest BCUT2D eigenvalue weighted by Crippen LogP contribution is -2.29. The van der Waals surface area contributed by atoms with Gasteiger partial charge >= 0.3 is 0 Å². The lowest BCUT2D eigenvalue weighted by molar-refractivity contribution is 0.0999. The quantitative estimate of drug-likeness (QED) is 0.288. The van der Waals surface area contributed by atoms with Crippen molar-refractivity contribution < 1.29 is 9.59 Å². The van der Waals surface area contributed by atoms with Crippen molar-refractivity contribution in [3.05, 3.63) is 81.7 Å². The first-order valence-electron chi connectivity index (χ1n) is 12.9. The van der Waals surface area contributed by atoms with E-state index in [1.807, 2.05) is 61.5 Å². The number of aromatic nitrogens is 1.